The number of carbonyl (C=O) groups excluding carboxylic acids is 3. The molecule has 0 aliphatic heterocycles. The number of aliphatic hydroxyl groups is 3. The second-order valence-corrected chi connectivity index (χ2v) is 6.06. The second kappa shape index (κ2) is 9.45. The van der Waals surface area contributed by atoms with Gasteiger partial charge in [-0.15, -0.1) is 0 Å². The summed E-state index contributed by atoms with van der Waals surface area (Å²) in [7, 11) is 0. The van der Waals surface area contributed by atoms with Crippen molar-refractivity contribution in [3.8, 4) is 0 Å². The van der Waals surface area contributed by atoms with Crippen LogP contribution in [0.1, 0.15) is 34.1 Å². The van der Waals surface area contributed by atoms with Crippen LogP contribution in [-0.4, -0.2) is 57.5 Å². The lowest BCUT2D eigenvalue weighted by Gasteiger charge is -2.44. The Morgan fingerprint density at radius 3 is 1.48 bits per heavy atom. The number of esters is 3. The van der Waals surface area contributed by atoms with Crippen LogP contribution in [0.3, 0.4) is 0 Å². The molecule has 0 aromatic heterocycles. The summed E-state index contributed by atoms with van der Waals surface area (Å²) >= 11 is 0. The molecule has 0 aliphatic carbocycles. The standard InChI is InChI=1S/C18H26O9/c1-8-13(20)17(9-19,25-14(21)10(2)3)18(24,26-15(22)11(4)5)27-16(23)12(6)7/h13,19-20,24H,2,4,6,8-9H2,1,3,5,7H3. The SMILES string of the molecule is C=C(C)C(=O)OC(O)(OC(=O)C(=C)C)C(CO)(OC(=O)C(=C)C)C(O)CC. The van der Waals surface area contributed by atoms with Crippen molar-refractivity contribution in [2.24, 2.45) is 0 Å². The molecule has 0 saturated heterocycles. The Balaban J connectivity index is 6.53. The predicted molar refractivity (Wildman–Crippen MR) is 93.8 cm³/mol. The highest BCUT2D eigenvalue weighted by Gasteiger charge is 2.65. The van der Waals surface area contributed by atoms with E-state index in [4.69, 9.17) is 14.2 Å². The maximum absolute atomic E-state index is 12.1. The van der Waals surface area contributed by atoms with Crippen LogP contribution < -0.4 is 0 Å². The molecule has 0 radical (unpaired) electrons. The van der Waals surface area contributed by atoms with E-state index in [9.17, 15) is 29.7 Å². The molecule has 0 heterocycles. The highest BCUT2D eigenvalue weighted by molar-refractivity contribution is 5.89. The maximum atomic E-state index is 12.1. The third kappa shape index (κ3) is 5.49. The molecule has 27 heavy (non-hydrogen) atoms. The van der Waals surface area contributed by atoms with Crippen LogP contribution in [0.15, 0.2) is 36.5 Å². The van der Waals surface area contributed by atoms with E-state index >= 15 is 0 Å². The highest BCUT2D eigenvalue weighted by Crippen LogP contribution is 2.36. The van der Waals surface area contributed by atoms with Crippen molar-refractivity contribution in [2.75, 3.05) is 6.61 Å². The van der Waals surface area contributed by atoms with Gasteiger partial charge < -0.3 is 29.5 Å². The molecule has 0 aromatic carbocycles. The minimum atomic E-state index is -3.39. The first kappa shape index (κ1) is 24.5. The van der Waals surface area contributed by atoms with E-state index in [2.05, 4.69) is 19.7 Å². The lowest BCUT2D eigenvalue weighted by atomic mass is 9.91. The number of carbonyl (C=O) groups is 3. The molecule has 0 fully saturated rings. The van der Waals surface area contributed by atoms with E-state index in [0.717, 1.165) is 0 Å². The molecule has 0 saturated carbocycles. The fraction of sp³-hybridized carbons (Fsp3) is 0.500. The zero-order valence-electron chi connectivity index (χ0n) is 15.9. The monoisotopic (exact) mass is 386 g/mol. The van der Waals surface area contributed by atoms with Crippen LogP contribution in [0.25, 0.3) is 0 Å². The van der Waals surface area contributed by atoms with Crippen LogP contribution in [0.2, 0.25) is 0 Å². The fourth-order valence-electron chi connectivity index (χ4n) is 1.78. The van der Waals surface area contributed by atoms with E-state index in [0.29, 0.717) is 0 Å². The van der Waals surface area contributed by atoms with Gasteiger partial charge >= 0.3 is 23.9 Å². The first-order valence-electron chi connectivity index (χ1n) is 7.95. The summed E-state index contributed by atoms with van der Waals surface area (Å²) in [6.45, 7) is 13.9. The molecular formula is C18H26O9. The van der Waals surface area contributed by atoms with Crippen molar-refractivity contribution in [2.45, 2.75) is 51.8 Å². The van der Waals surface area contributed by atoms with Crippen molar-refractivity contribution in [1.29, 1.82) is 0 Å². The first-order valence-corrected chi connectivity index (χ1v) is 7.95. The number of aliphatic hydroxyl groups excluding tert-OH is 2. The summed E-state index contributed by atoms with van der Waals surface area (Å²) in [6, 6.07) is 0. The Hall–Kier alpha value is -2.49. The Kier molecular flexibility index (Phi) is 8.58. The van der Waals surface area contributed by atoms with Crippen LogP contribution in [-0.2, 0) is 28.6 Å². The van der Waals surface area contributed by atoms with E-state index in [1.807, 2.05) is 0 Å². The van der Waals surface area contributed by atoms with Crippen molar-refractivity contribution in [3.05, 3.63) is 36.5 Å². The normalized spacial score (nSPS) is 14.3. The summed E-state index contributed by atoms with van der Waals surface area (Å²) in [5, 5.41) is 31.2. The molecule has 0 aliphatic rings. The summed E-state index contributed by atoms with van der Waals surface area (Å²) in [6.07, 6.45) is -2.01. The lowest BCUT2D eigenvalue weighted by Crippen LogP contribution is -2.69. The van der Waals surface area contributed by atoms with E-state index in [1.54, 1.807) is 0 Å². The van der Waals surface area contributed by atoms with Crippen LogP contribution >= 0.6 is 0 Å². The van der Waals surface area contributed by atoms with Gasteiger partial charge in [0.05, 0.1) is 6.61 Å². The van der Waals surface area contributed by atoms with Gasteiger partial charge in [0, 0.05) is 16.7 Å². The third-order valence-corrected chi connectivity index (χ3v) is 3.48. The molecule has 3 N–H and O–H groups in total. The Morgan fingerprint density at radius 1 is 0.889 bits per heavy atom. The van der Waals surface area contributed by atoms with Gasteiger partial charge in [0.2, 0.25) is 0 Å². The van der Waals surface area contributed by atoms with Gasteiger partial charge in [-0.1, -0.05) is 26.7 Å². The van der Waals surface area contributed by atoms with Crippen molar-refractivity contribution < 1.29 is 43.9 Å². The van der Waals surface area contributed by atoms with Gasteiger partial charge in [-0.05, 0) is 27.2 Å². The zero-order valence-corrected chi connectivity index (χ0v) is 15.9. The van der Waals surface area contributed by atoms with Gasteiger partial charge in [-0.2, -0.15) is 0 Å². The molecule has 152 valence electrons. The van der Waals surface area contributed by atoms with Crippen LogP contribution in [0.4, 0.5) is 0 Å². The van der Waals surface area contributed by atoms with Crippen molar-refractivity contribution in [1.82, 2.24) is 0 Å². The third-order valence-electron chi connectivity index (χ3n) is 3.48. The van der Waals surface area contributed by atoms with Gasteiger partial charge in [-0.25, -0.2) is 14.4 Å². The second-order valence-electron chi connectivity index (χ2n) is 6.06. The smallest absolute Gasteiger partial charge is 0.421 e. The fourth-order valence-corrected chi connectivity index (χ4v) is 1.78. The molecular weight excluding hydrogens is 360 g/mol. The van der Waals surface area contributed by atoms with Crippen LogP contribution in [0.5, 0.6) is 0 Å². The van der Waals surface area contributed by atoms with Crippen molar-refractivity contribution >= 4 is 17.9 Å². The number of hydrogen-bond acceptors (Lipinski definition) is 9. The quantitative estimate of drug-likeness (QED) is 0.278. The topological polar surface area (TPSA) is 140 Å². The molecule has 0 aromatic rings. The molecule has 2 atom stereocenters. The van der Waals surface area contributed by atoms with Crippen molar-refractivity contribution in [3.63, 3.8) is 0 Å². The summed E-state index contributed by atoms with van der Waals surface area (Å²) in [4.78, 5) is 36.0. The molecule has 0 amide bonds. The molecule has 0 spiro atoms. The summed E-state index contributed by atoms with van der Waals surface area (Å²) < 4.78 is 14.6. The minimum absolute atomic E-state index is 0.157. The van der Waals surface area contributed by atoms with E-state index in [1.165, 1.54) is 27.7 Å². The summed E-state index contributed by atoms with van der Waals surface area (Å²) in [5.74, 6) is -7.01. The number of rotatable bonds is 10. The molecule has 9 heteroatoms. The zero-order chi connectivity index (χ0) is 21.6. The molecule has 0 rings (SSSR count). The minimum Gasteiger partial charge on any atom is -0.439 e. The van der Waals surface area contributed by atoms with Gasteiger partial charge in [-0.3, -0.25) is 0 Å². The van der Waals surface area contributed by atoms with E-state index < -0.39 is 42.2 Å². The summed E-state index contributed by atoms with van der Waals surface area (Å²) in [5.41, 5.74) is -3.34. The van der Waals surface area contributed by atoms with E-state index in [-0.39, 0.29) is 23.1 Å². The van der Waals surface area contributed by atoms with Gasteiger partial charge in [0.25, 0.3) is 5.60 Å². The number of ether oxygens (including phenoxy) is 3. The van der Waals surface area contributed by atoms with Gasteiger partial charge in [0.1, 0.15) is 6.10 Å². The molecule has 9 nitrogen and oxygen atoms in total. The molecule has 2 unspecified atom stereocenters. The average molecular weight is 386 g/mol. The largest absolute Gasteiger partial charge is 0.439 e. The Morgan fingerprint density at radius 2 is 1.22 bits per heavy atom. The van der Waals surface area contributed by atoms with Gasteiger partial charge in [0.15, 0.2) is 0 Å². The maximum Gasteiger partial charge on any atom is 0.421 e. The highest BCUT2D eigenvalue weighted by atomic mass is 16.9. The Labute approximate surface area is 157 Å². The lowest BCUT2D eigenvalue weighted by molar-refractivity contribution is -0.408. The Bertz CT molecular complexity index is 621. The molecule has 0 bridgehead atoms. The first-order chi connectivity index (χ1) is 12.3. The van der Waals surface area contributed by atoms with Crippen LogP contribution in [0, 0.1) is 0 Å². The predicted octanol–water partition coefficient (Wildman–Crippen LogP) is 0.492. The average Bonchev–Trinajstić information content (AvgIpc) is 2.57. The number of hydrogen-bond donors (Lipinski definition) is 3.